The number of carbonyl (C=O) groups excluding carboxylic acids is 1. The lowest BCUT2D eigenvalue weighted by molar-refractivity contribution is -0.116. The van der Waals surface area contributed by atoms with E-state index in [0.29, 0.717) is 0 Å². The highest BCUT2D eigenvalue weighted by molar-refractivity contribution is 5.99. The van der Waals surface area contributed by atoms with Gasteiger partial charge in [0.25, 0.3) is 5.91 Å². The van der Waals surface area contributed by atoms with Crippen molar-refractivity contribution in [3.63, 3.8) is 0 Å². The van der Waals surface area contributed by atoms with Crippen molar-refractivity contribution in [3.05, 3.63) is 0 Å². The Morgan fingerprint density at radius 1 is 1.89 bits per heavy atom. The number of rotatable bonds is 0. The molecule has 1 rings (SSSR count). The number of carboxylic acid groups (broad SMARTS) is 1. The summed E-state index contributed by atoms with van der Waals surface area (Å²) in [6.07, 6.45) is -0.144. The third-order valence-electron chi connectivity index (χ3n) is 0.892. The van der Waals surface area contributed by atoms with E-state index >= 15 is 0 Å². The van der Waals surface area contributed by atoms with Gasteiger partial charge in [-0.2, -0.15) is 0 Å². The molecule has 0 bridgehead atoms. The van der Waals surface area contributed by atoms with E-state index in [4.69, 9.17) is 5.11 Å². The Kier molecular flexibility index (Phi) is 1.18. The fourth-order valence-corrected chi connectivity index (χ4v) is 0.478. The monoisotopic (exact) mass is 128 g/mol. The molecule has 0 atom stereocenters. The molecule has 0 saturated carbocycles. The van der Waals surface area contributed by atoms with Crippen LogP contribution < -0.4 is 0 Å². The molecule has 1 N–H and O–H groups in total. The van der Waals surface area contributed by atoms with Crippen molar-refractivity contribution >= 4 is 18.3 Å². The molecule has 0 fully saturated rings. The first kappa shape index (κ1) is 5.74. The van der Waals surface area contributed by atoms with Crippen LogP contribution in [0.2, 0.25) is 0 Å². The zero-order chi connectivity index (χ0) is 6.85. The van der Waals surface area contributed by atoms with E-state index in [1.165, 1.54) is 0 Å². The maximum atomic E-state index is 10.3. The second kappa shape index (κ2) is 1.85. The first-order chi connectivity index (χ1) is 4.20. The minimum Gasteiger partial charge on any atom is -0.465 e. The highest BCUT2D eigenvalue weighted by Gasteiger charge is 2.18. The summed E-state index contributed by atoms with van der Waals surface area (Å²) >= 11 is 0. The van der Waals surface area contributed by atoms with Crippen molar-refractivity contribution in [1.29, 1.82) is 0 Å². The Hall–Kier alpha value is -1.39. The predicted octanol–water partition coefficient (Wildman–Crippen LogP) is -0.465. The minimum atomic E-state index is -1.15. The zero-order valence-corrected chi connectivity index (χ0v) is 4.44. The van der Waals surface area contributed by atoms with Crippen molar-refractivity contribution in [2.75, 3.05) is 6.54 Å². The van der Waals surface area contributed by atoms with Gasteiger partial charge in [0, 0.05) is 0 Å². The van der Waals surface area contributed by atoms with Gasteiger partial charge in [-0.3, -0.25) is 9.69 Å². The van der Waals surface area contributed by atoms with Gasteiger partial charge in [0.1, 0.15) is 12.9 Å². The Balaban J connectivity index is 2.60. The lowest BCUT2D eigenvalue weighted by atomic mass is 10.6. The van der Waals surface area contributed by atoms with Gasteiger partial charge >= 0.3 is 6.09 Å². The van der Waals surface area contributed by atoms with E-state index < -0.39 is 12.0 Å². The maximum absolute atomic E-state index is 10.3. The van der Waals surface area contributed by atoms with Gasteiger partial charge in [-0.05, 0) is 0 Å². The summed E-state index contributed by atoms with van der Waals surface area (Å²) in [5.41, 5.74) is 0. The summed E-state index contributed by atoms with van der Waals surface area (Å²) in [7, 11) is 0. The third-order valence-corrected chi connectivity index (χ3v) is 0.892. The van der Waals surface area contributed by atoms with Crippen LogP contribution in [0.5, 0.6) is 0 Å². The van der Waals surface area contributed by atoms with E-state index in [9.17, 15) is 9.59 Å². The largest absolute Gasteiger partial charge is 0.465 e. The Morgan fingerprint density at radius 2 is 2.56 bits per heavy atom. The van der Waals surface area contributed by atoms with Crippen molar-refractivity contribution in [3.8, 4) is 0 Å². The summed E-state index contributed by atoms with van der Waals surface area (Å²) in [4.78, 5) is 24.3. The molecule has 9 heavy (non-hydrogen) atoms. The van der Waals surface area contributed by atoms with Crippen LogP contribution in [-0.2, 0) is 4.79 Å². The van der Waals surface area contributed by atoms with E-state index in [1.54, 1.807) is 0 Å². The summed E-state index contributed by atoms with van der Waals surface area (Å²) < 4.78 is 0. The second-order valence-electron chi connectivity index (χ2n) is 1.55. The van der Waals surface area contributed by atoms with Crippen LogP contribution in [0, 0.1) is 0 Å². The third kappa shape index (κ3) is 1.04. The molecule has 5 nitrogen and oxygen atoms in total. The molecule has 0 spiro atoms. The van der Waals surface area contributed by atoms with Crippen LogP contribution in [0.1, 0.15) is 0 Å². The van der Waals surface area contributed by atoms with E-state index in [-0.39, 0.29) is 6.54 Å². The topological polar surface area (TPSA) is 70.0 Å². The number of nitrogens with zero attached hydrogens (tertiary/aromatic N) is 2. The van der Waals surface area contributed by atoms with Crippen molar-refractivity contribution in [1.82, 2.24) is 4.90 Å². The lowest BCUT2D eigenvalue weighted by Gasteiger charge is -2.01. The summed E-state index contributed by atoms with van der Waals surface area (Å²) in [5, 5.41) is 8.21. The summed E-state index contributed by atoms with van der Waals surface area (Å²) in [6.45, 7) is -0.144. The molecule has 2 amide bonds. The Morgan fingerprint density at radius 3 is 2.78 bits per heavy atom. The van der Waals surface area contributed by atoms with Gasteiger partial charge in [0.15, 0.2) is 0 Å². The number of amides is 2. The standard InChI is InChI=1S/C4H4N2O3/c7-3-1-6(2-5-3)4(8)9/h2H,1H2,(H,8,9). The second-order valence-corrected chi connectivity index (χ2v) is 1.55. The van der Waals surface area contributed by atoms with Crippen molar-refractivity contribution in [2.24, 2.45) is 4.99 Å². The van der Waals surface area contributed by atoms with E-state index in [0.717, 1.165) is 11.2 Å². The first-order valence-electron chi connectivity index (χ1n) is 2.27. The highest BCUT2D eigenvalue weighted by atomic mass is 16.4. The molecule has 5 heteroatoms. The molecule has 0 aromatic heterocycles. The van der Waals surface area contributed by atoms with Gasteiger partial charge in [-0.25, -0.2) is 9.79 Å². The van der Waals surface area contributed by atoms with Crippen LogP contribution in [0.3, 0.4) is 0 Å². The molecule has 0 unspecified atom stereocenters. The number of hydrogen-bond acceptors (Lipinski definition) is 2. The van der Waals surface area contributed by atoms with Gasteiger partial charge < -0.3 is 5.11 Å². The normalized spacial score (nSPS) is 16.9. The molecule has 1 heterocycles. The van der Waals surface area contributed by atoms with Crippen LogP contribution in [0.4, 0.5) is 4.79 Å². The van der Waals surface area contributed by atoms with E-state index in [1.807, 2.05) is 0 Å². The molecular weight excluding hydrogens is 124 g/mol. The van der Waals surface area contributed by atoms with Crippen LogP contribution in [-0.4, -0.2) is 34.9 Å². The molecule has 1 aliphatic heterocycles. The highest BCUT2D eigenvalue weighted by Crippen LogP contribution is 1.93. The Labute approximate surface area is 50.6 Å². The zero-order valence-electron chi connectivity index (χ0n) is 4.44. The molecule has 48 valence electrons. The SMILES string of the molecule is O=C1CN(C(=O)O)C=N1. The first-order valence-corrected chi connectivity index (χ1v) is 2.27. The fraction of sp³-hybridized carbons (Fsp3) is 0.250. The van der Waals surface area contributed by atoms with Gasteiger partial charge in [-0.15, -0.1) is 0 Å². The van der Waals surface area contributed by atoms with Gasteiger partial charge in [0.05, 0.1) is 0 Å². The average Bonchev–Trinajstić information content (AvgIpc) is 2.14. The molecule has 0 aliphatic carbocycles. The van der Waals surface area contributed by atoms with E-state index in [2.05, 4.69) is 4.99 Å². The summed E-state index contributed by atoms with van der Waals surface area (Å²) in [6, 6.07) is 0. The van der Waals surface area contributed by atoms with Gasteiger partial charge in [-0.1, -0.05) is 0 Å². The molecular formula is C4H4N2O3. The molecule has 1 aliphatic rings. The maximum Gasteiger partial charge on any atom is 0.413 e. The lowest BCUT2D eigenvalue weighted by Crippen LogP contribution is -2.26. The predicted molar refractivity (Wildman–Crippen MR) is 28.2 cm³/mol. The number of aliphatic imine (C=N–C) groups is 1. The fourth-order valence-electron chi connectivity index (χ4n) is 0.478. The summed E-state index contributed by atoms with van der Waals surface area (Å²) in [5.74, 6) is -0.419. The minimum absolute atomic E-state index is 0.144. The molecule has 0 aromatic rings. The van der Waals surface area contributed by atoms with Crippen LogP contribution >= 0.6 is 0 Å². The molecule has 0 radical (unpaired) electrons. The van der Waals surface area contributed by atoms with Crippen molar-refractivity contribution in [2.45, 2.75) is 0 Å². The Bertz CT molecular complexity index is 186. The smallest absolute Gasteiger partial charge is 0.413 e. The average molecular weight is 128 g/mol. The molecule has 0 aromatic carbocycles. The molecule has 0 saturated heterocycles. The number of hydrogen-bond donors (Lipinski definition) is 1. The number of carbonyl (C=O) groups is 2. The van der Waals surface area contributed by atoms with Crippen molar-refractivity contribution < 1.29 is 14.7 Å². The van der Waals surface area contributed by atoms with Gasteiger partial charge in [0.2, 0.25) is 0 Å². The van der Waals surface area contributed by atoms with Crippen LogP contribution in [0.25, 0.3) is 0 Å². The quantitative estimate of drug-likeness (QED) is 0.479. The van der Waals surface area contributed by atoms with Crippen LogP contribution in [0.15, 0.2) is 4.99 Å².